The fourth-order valence-corrected chi connectivity index (χ4v) is 1.89. The van der Waals surface area contributed by atoms with Gasteiger partial charge in [0, 0.05) is 6.54 Å². The molecule has 1 aliphatic rings. The Hall–Kier alpha value is -0.980. The minimum absolute atomic E-state index is 0.125. The molecule has 0 bridgehead atoms. The normalized spacial score (nSPS) is 23.1. The fraction of sp³-hybridized carbons (Fsp3) is 0.909. The van der Waals surface area contributed by atoms with E-state index in [0.717, 1.165) is 4.90 Å². The molecule has 0 radical (unpaired) electrons. The Morgan fingerprint density at radius 2 is 1.94 bits per heavy atom. The number of rotatable bonds is 1. The number of carbonyl (C=O) groups is 1. The van der Waals surface area contributed by atoms with Crippen LogP contribution in [-0.4, -0.2) is 46.6 Å². The second kappa shape index (κ2) is 4.95. The molecule has 0 aromatic carbocycles. The maximum absolute atomic E-state index is 12.4. The molecule has 0 aromatic rings. The number of halogens is 3. The lowest BCUT2D eigenvalue weighted by molar-refractivity contribution is -0.217. The lowest BCUT2D eigenvalue weighted by Crippen LogP contribution is -2.50. The molecule has 1 fully saturated rings. The molecule has 18 heavy (non-hydrogen) atoms. The van der Waals surface area contributed by atoms with Crippen molar-refractivity contribution in [1.29, 1.82) is 0 Å². The summed E-state index contributed by atoms with van der Waals surface area (Å²) in [6.07, 6.45) is -7.51. The standard InChI is InChI=1S/C11H18F3NO3/c1-10(2,3)18-9(17)15-6-4-5-7(15)8(16)11(12,13)14/h7-8,16H,4-6H2,1-3H3/t7-,8+/m1/s1. The largest absolute Gasteiger partial charge is 0.444 e. The molecule has 4 nitrogen and oxygen atoms in total. The van der Waals surface area contributed by atoms with Gasteiger partial charge in [0.15, 0.2) is 6.10 Å². The summed E-state index contributed by atoms with van der Waals surface area (Å²) in [5.74, 6) is 0. The molecule has 0 unspecified atom stereocenters. The number of carbonyl (C=O) groups excluding carboxylic acids is 1. The van der Waals surface area contributed by atoms with Crippen LogP contribution < -0.4 is 0 Å². The zero-order chi connectivity index (χ0) is 14.1. The van der Waals surface area contributed by atoms with E-state index >= 15 is 0 Å². The van der Waals surface area contributed by atoms with Crippen molar-refractivity contribution in [1.82, 2.24) is 4.90 Å². The number of ether oxygens (including phenoxy) is 1. The van der Waals surface area contributed by atoms with Crippen molar-refractivity contribution >= 4 is 6.09 Å². The van der Waals surface area contributed by atoms with E-state index < -0.39 is 30.0 Å². The van der Waals surface area contributed by atoms with Gasteiger partial charge in [0.1, 0.15) is 5.60 Å². The van der Waals surface area contributed by atoms with E-state index in [1.165, 1.54) is 0 Å². The summed E-state index contributed by atoms with van der Waals surface area (Å²) in [7, 11) is 0. The first kappa shape index (κ1) is 15.1. The number of aliphatic hydroxyl groups excluding tert-OH is 1. The first-order valence-corrected chi connectivity index (χ1v) is 5.77. The number of aliphatic hydroxyl groups is 1. The summed E-state index contributed by atoms with van der Waals surface area (Å²) in [6, 6.07) is -1.25. The van der Waals surface area contributed by atoms with Crippen LogP contribution in [0, 0.1) is 0 Å². The van der Waals surface area contributed by atoms with Gasteiger partial charge in [-0.1, -0.05) is 0 Å². The van der Waals surface area contributed by atoms with E-state index in [-0.39, 0.29) is 13.0 Å². The smallest absolute Gasteiger partial charge is 0.416 e. The Balaban J connectivity index is 2.74. The SMILES string of the molecule is CC(C)(C)OC(=O)N1CCC[C@@H]1[C@H](O)C(F)(F)F. The lowest BCUT2D eigenvalue weighted by Gasteiger charge is -2.31. The molecule has 7 heteroatoms. The van der Waals surface area contributed by atoms with Crippen molar-refractivity contribution in [2.24, 2.45) is 0 Å². The predicted octanol–water partition coefficient (Wildman–Crippen LogP) is 2.31. The molecular formula is C11H18F3NO3. The highest BCUT2D eigenvalue weighted by Gasteiger charge is 2.48. The Morgan fingerprint density at radius 3 is 2.39 bits per heavy atom. The third-order valence-electron chi connectivity index (χ3n) is 2.63. The van der Waals surface area contributed by atoms with E-state index in [1.54, 1.807) is 20.8 Å². The number of amides is 1. The zero-order valence-corrected chi connectivity index (χ0v) is 10.6. The molecule has 1 N–H and O–H groups in total. The van der Waals surface area contributed by atoms with Gasteiger partial charge in [-0.25, -0.2) is 4.79 Å². The molecule has 0 aromatic heterocycles. The molecule has 1 saturated heterocycles. The first-order valence-electron chi connectivity index (χ1n) is 5.77. The van der Waals surface area contributed by atoms with Crippen LogP contribution in [0.15, 0.2) is 0 Å². The maximum Gasteiger partial charge on any atom is 0.416 e. The molecule has 1 amide bonds. The van der Waals surface area contributed by atoms with Crippen molar-refractivity contribution < 1.29 is 27.8 Å². The lowest BCUT2D eigenvalue weighted by atomic mass is 10.1. The van der Waals surface area contributed by atoms with Crippen LogP contribution >= 0.6 is 0 Å². The number of nitrogens with zero attached hydrogens (tertiary/aromatic N) is 1. The van der Waals surface area contributed by atoms with Crippen LogP contribution in [0.1, 0.15) is 33.6 Å². The predicted molar refractivity (Wildman–Crippen MR) is 58.0 cm³/mol. The molecule has 0 saturated carbocycles. The zero-order valence-electron chi connectivity index (χ0n) is 10.6. The molecular weight excluding hydrogens is 251 g/mol. The minimum Gasteiger partial charge on any atom is -0.444 e. The molecule has 106 valence electrons. The maximum atomic E-state index is 12.4. The van der Waals surface area contributed by atoms with Gasteiger partial charge in [-0.05, 0) is 33.6 Å². The molecule has 0 spiro atoms. The third kappa shape index (κ3) is 3.76. The van der Waals surface area contributed by atoms with Gasteiger partial charge in [0.05, 0.1) is 6.04 Å². The van der Waals surface area contributed by atoms with Crippen molar-refractivity contribution in [3.63, 3.8) is 0 Å². The van der Waals surface area contributed by atoms with Crippen LogP contribution in [0.25, 0.3) is 0 Å². The van der Waals surface area contributed by atoms with Gasteiger partial charge < -0.3 is 14.7 Å². The molecule has 1 aliphatic heterocycles. The summed E-state index contributed by atoms with van der Waals surface area (Å²) in [5.41, 5.74) is -0.770. The van der Waals surface area contributed by atoms with Crippen LogP contribution in [0.2, 0.25) is 0 Å². The van der Waals surface area contributed by atoms with E-state index in [9.17, 15) is 23.1 Å². The molecule has 1 heterocycles. The van der Waals surface area contributed by atoms with Crippen molar-refractivity contribution in [2.75, 3.05) is 6.54 Å². The highest BCUT2D eigenvalue weighted by Crippen LogP contribution is 2.31. The van der Waals surface area contributed by atoms with Crippen LogP contribution in [0.4, 0.5) is 18.0 Å². The van der Waals surface area contributed by atoms with Crippen molar-refractivity contribution in [3.05, 3.63) is 0 Å². The van der Waals surface area contributed by atoms with E-state index in [1.807, 2.05) is 0 Å². The van der Waals surface area contributed by atoms with E-state index in [2.05, 4.69) is 0 Å². The van der Waals surface area contributed by atoms with Crippen LogP contribution in [-0.2, 0) is 4.74 Å². The second-order valence-corrected chi connectivity index (χ2v) is 5.37. The summed E-state index contributed by atoms with van der Waals surface area (Å²) in [6.45, 7) is 5.08. The highest BCUT2D eigenvalue weighted by atomic mass is 19.4. The average molecular weight is 269 g/mol. The Bertz CT molecular complexity index is 312. The van der Waals surface area contributed by atoms with Gasteiger partial charge >= 0.3 is 12.3 Å². The van der Waals surface area contributed by atoms with Gasteiger partial charge in [0.25, 0.3) is 0 Å². The van der Waals surface area contributed by atoms with Crippen LogP contribution in [0.5, 0.6) is 0 Å². The van der Waals surface area contributed by atoms with Gasteiger partial charge in [-0.3, -0.25) is 0 Å². The van der Waals surface area contributed by atoms with Crippen molar-refractivity contribution in [2.45, 2.75) is 57.5 Å². The second-order valence-electron chi connectivity index (χ2n) is 5.37. The average Bonchev–Trinajstić information content (AvgIpc) is 2.60. The number of hydrogen-bond acceptors (Lipinski definition) is 3. The summed E-state index contributed by atoms with van der Waals surface area (Å²) >= 11 is 0. The highest BCUT2D eigenvalue weighted by molar-refractivity contribution is 5.69. The monoisotopic (exact) mass is 269 g/mol. The molecule has 1 rings (SSSR count). The van der Waals surface area contributed by atoms with Crippen molar-refractivity contribution in [3.8, 4) is 0 Å². The Morgan fingerprint density at radius 1 is 1.39 bits per heavy atom. The van der Waals surface area contributed by atoms with Gasteiger partial charge in [-0.2, -0.15) is 13.2 Å². The Labute approximate surface area is 104 Å². The number of alkyl halides is 3. The molecule has 0 aliphatic carbocycles. The summed E-state index contributed by atoms with van der Waals surface area (Å²) in [4.78, 5) is 12.7. The Kier molecular flexibility index (Phi) is 4.15. The van der Waals surface area contributed by atoms with Gasteiger partial charge in [0.2, 0.25) is 0 Å². The molecule has 2 atom stereocenters. The first-order chi connectivity index (χ1) is 8.02. The topological polar surface area (TPSA) is 49.8 Å². The van der Waals surface area contributed by atoms with Gasteiger partial charge in [-0.15, -0.1) is 0 Å². The van der Waals surface area contributed by atoms with Crippen LogP contribution in [0.3, 0.4) is 0 Å². The summed E-state index contributed by atoms with van der Waals surface area (Å²) in [5, 5.41) is 9.23. The van der Waals surface area contributed by atoms with E-state index in [0.29, 0.717) is 6.42 Å². The number of likely N-dealkylation sites (tertiary alicyclic amines) is 1. The third-order valence-corrected chi connectivity index (χ3v) is 2.63. The minimum atomic E-state index is -4.73. The number of hydrogen-bond donors (Lipinski definition) is 1. The van der Waals surface area contributed by atoms with E-state index in [4.69, 9.17) is 4.74 Å². The fourth-order valence-electron chi connectivity index (χ4n) is 1.89. The quantitative estimate of drug-likeness (QED) is 0.794. The summed E-state index contributed by atoms with van der Waals surface area (Å²) < 4.78 is 42.4.